The summed E-state index contributed by atoms with van der Waals surface area (Å²) in [5, 5.41) is 31.9. The van der Waals surface area contributed by atoms with Crippen molar-refractivity contribution in [3.05, 3.63) is 178 Å². The quantitative estimate of drug-likeness (QED) is 0.0478. The van der Waals surface area contributed by atoms with Crippen molar-refractivity contribution in [1.29, 1.82) is 0 Å². The van der Waals surface area contributed by atoms with E-state index in [0.29, 0.717) is 61.8 Å². The first-order chi connectivity index (χ1) is 24.5. The molecule has 0 saturated heterocycles. The van der Waals surface area contributed by atoms with Gasteiger partial charge in [0.25, 0.3) is 5.69 Å². The van der Waals surface area contributed by atoms with Gasteiger partial charge >= 0.3 is 39.0 Å². The molecule has 1 N–H and O–H groups in total. The molecule has 14 heteroatoms. The van der Waals surface area contributed by atoms with Crippen LogP contribution in [-0.4, -0.2) is 39.8 Å². The first kappa shape index (κ1) is 39.8. The van der Waals surface area contributed by atoms with E-state index in [2.05, 4.69) is 40.0 Å². The number of benzene rings is 2. The number of nitro groups is 1. The number of phenols is 1. The summed E-state index contributed by atoms with van der Waals surface area (Å²) >= 11 is 0. The average Bonchev–Trinajstić information content (AvgIpc) is 3.14. The van der Waals surface area contributed by atoms with Crippen molar-refractivity contribution in [2.24, 2.45) is 10.2 Å². The molecular formula is C38H35N9O3Zn2+4. The fourth-order valence-electron chi connectivity index (χ4n) is 5.50. The molecule has 0 unspecified atom stereocenters. The van der Waals surface area contributed by atoms with Crippen LogP contribution in [0.5, 0.6) is 5.75 Å². The van der Waals surface area contributed by atoms with Crippen LogP contribution in [0.1, 0.15) is 33.9 Å². The Kier molecular flexibility index (Phi) is 15.4. The normalized spacial score (nSPS) is 11.0. The Morgan fingerprint density at radius 2 is 0.904 bits per heavy atom. The van der Waals surface area contributed by atoms with Crippen LogP contribution in [0.2, 0.25) is 0 Å². The molecule has 250 valence electrons. The number of aromatic nitrogens is 4. The molecule has 0 aliphatic rings. The van der Waals surface area contributed by atoms with Gasteiger partial charge in [0.05, 0.1) is 39.1 Å². The zero-order valence-corrected chi connectivity index (χ0v) is 34.6. The Balaban J connectivity index is 0.00000302. The monoisotopic (exact) mass is 793 g/mol. The minimum Gasteiger partial charge on any atom is -0.507 e. The smallest absolute Gasteiger partial charge is 0.507 e. The first-order valence-corrected chi connectivity index (χ1v) is 16.0. The maximum atomic E-state index is 11.9. The topological polar surface area (TPSA) is 146 Å². The molecule has 0 aliphatic carbocycles. The summed E-state index contributed by atoms with van der Waals surface area (Å²) in [6.07, 6.45) is 7.06. The van der Waals surface area contributed by atoms with Crippen molar-refractivity contribution < 1.29 is 49.0 Å². The molecule has 4 aromatic heterocycles. The molecule has 4 heterocycles. The van der Waals surface area contributed by atoms with E-state index >= 15 is 0 Å². The number of hydrogen-bond donors (Lipinski definition) is 1. The van der Waals surface area contributed by atoms with E-state index in [9.17, 15) is 15.2 Å². The summed E-state index contributed by atoms with van der Waals surface area (Å²) in [6, 6.07) is 32.7. The fourth-order valence-corrected chi connectivity index (χ4v) is 5.50. The van der Waals surface area contributed by atoms with Gasteiger partial charge in [-0.15, -0.1) is 0 Å². The van der Waals surface area contributed by atoms with E-state index in [0.717, 1.165) is 22.8 Å². The van der Waals surface area contributed by atoms with Crippen molar-refractivity contribution in [1.82, 2.24) is 29.7 Å². The van der Waals surface area contributed by atoms with Crippen molar-refractivity contribution in [3.63, 3.8) is 0 Å². The van der Waals surface area contributed by atoms with Gasteiger partial charge in [-0.05, 0) is 72.8 Å². The molecule has 0 atom stereocenters. The number of nitrogens with zero attached hydrogens (tertiary/aromatic N) is 9. The van der Waals surface area contributed by atoms with Gasteiger partial charge in [-0.25, -0.2) is 0 Å². The molecule has 0 aliphatic heterocycles. The van der Waals surface area contributed by atoms with E-state index < -0.39 is 4.92 Å². The summed E-state index contributed by atoms with van der Waals surface area (Å²) in [5.74, 6) is 0.151. The van der Waals surface area contributed by atoms with E-state index in [1.54, 1.807) is 36.9 Å². The number of non-ortho nitro benzene ring substituents is 1. The Labute approximate surface area is 327 Å². The molecule has 0 bridgehead atoms. The second-order valence-electron chi connectivity index (χ2n) is 11.7. The number of hydrogen-bond acceptors (Lipinski definition) is 11. The maximum Gasteiger partial charge on any atom is 2.00 e. The van der Waals surface area contributed by atoms with Crippen LogP contribution in [-0.2, 0) is 78.2 Å². The number of azo groups is 1. The molecule has 12 nitrogen and oxygen atoms in total. The summed E-state index contributed by atoms with van der Waals surface area (Å²) < 4.78 is 0. The minimum atomic E-state index is -0.456. The van der Waals surface area contributed by atoms with Gasteiger partial charge < -0.3 is 5.11 Å². The van der Waals surface area contributed by atoms with Crippen LogP contribution in [0.4, 0.5) is 17.1 Å². The van der Waals surface area contributed by atoms with E-state index in [4.69, 9.17) is 0 Å². The molecular weight excluding hydrogens is 761 g/mol. The van der Waals surface area contributed by atoms with Crippen LogP contribution in [0, 0.1) is 10.1 Å². The predicted octanol–water partition coefficient (Wildman–Crippen LogP) is 7.70. The van der Waals surface area contributed by atoms with Gasteiger partial charge in [0.2, 0.25) is 0 Å². The van der Waals surface area contributed by atoms with Crippen LogP contribution in [0.3, 0.4) is 0 Å². The van der Waals surface area contributed by atoms with Gasteiger partial charge in [0, 0.05) is 87.3 Å². The van der Waals surface area contributed by atoms with Gasteiger partial charge in [-0.3, -0.25) is 39.9 Å². The zero-order chi connectivity index (χ0) is 34.5. The third kappa shape index (κ3) is 11.8. The van der Waals surface area contributed by atoms with E-state index in [1.807, 2.05) is 84.9 Å². The van der Waals surface area contributed by atoms with Crippen molar-refractivity contribution in [3.8, 4) is 5.75 Å². The van der Waals surface area contributed by atoms with Crippen LogP contribution >= 0.6 is 0 Å². The Bertz CT molecular complexity index is 1820. The fraction of sp³-hybridized carbons (Fsp3) is 0.158. The Morgan fingerprint density at radius 3 is 1.23 bits per heavy atom. The number of phenolic OH excluding ortho intramolecular Hbond substituents is 1. The summed E-state index contributed by atoms with van der Waals surface area (Å²) in [5.41, 5.74) is 5.81. The molecule has 0 fully saturated rings. The summed E-state index contributed by atoms with van der Waals surface area (Å²) in [6.45, 7) is 2.82. The molecule has 0 amide bonds. The zero-order valence-electron chi connectivity index (χ0n) is 28.6. The van der Waals surface area contributed by atoms with E-state index in [-0.39, 0.29) is 50.4 Å². The Morgan fingerprint density at radius 1 is 0.538 bits per heavy atom. The van der Waals surface area contributed by atoms with Gasteiger partial charge in [0.15, 0.2) is 0 Å². The average molecular weight is 797 g/mol. The SMILES string of the molecule is O=[N+]([O-])c1ccc(N=Nc2cc(CN(Cc3ccccn3)Cc3ccccn3)c(O)c(CN(Cc3ccccn3)Cc3ccccn3)c2)cc1.[Zn+2].[Zn+2]. The second-order valence-corrected chi connectivity index (χ2v) is 11.7. The van der Waals surface area contributed by atoms with Gasteiger partial charge in [0.1, 0.15) is 5.75 Å². The van der Waals surface area contributed by atoms with Gasteiger partial charge in [-0.1, -0.05) is 24.3 Å². The first-order valence-electron chi connectivity index (χ1n) is 16.0. The molecule has 52 heavy (non-hydrogen) atoms. The summed E-state index contributed by atoms with van der Waals surface area (Å²) in [7, 11) is 0. The molecule has 0 spiro atoms. The standard InChI is InChI=1S/C38H35N9O3.2Zn/c48-38-29(23-45(25-32-9-1-5-17-39-32)26-33-10-2-6-18-40-33)21-36(44-43-31-13-15-37(16-14-31)47(49)50)22-30(38)24-46(27-34-11-3-7-19-41-34)28-35-12-4-8-20-42-35;;/h1-22,48H,23-28H2;;/q;2*+2. The van der Waals surface area contributed by atoms with Crippen molar-refractivity contribution in [2.75, 3.05) is 0 Å². The van der Waals surface area contributed by atoms with Gasteiger partial charge in [-0.2, -0.15) is 10.2 Å². The molecule has 0 saturated carbocycles. The summed E-state index contributed by atoms with van der Waals surface area (Å²) in [4.78, 5) is 33.2. The van der Waals surface area contributed by atoms with Crippen molar-refractivity contribution >= 4 is 17.1 Å². The predicted molar refractivity (Wildman–Crippen MR) is 188 cm³/mol. The maximum absolute atomic E-state index is 11.9. The van der Waals surface area contributed by atoms with Crippen LogP contribution in [0.15, 0.2) is 144 Å². The van der Waals surface area contributed by atoms with Crippen LogP contribution in [0.25, 0.3) is 0 Å². The van der Waals surface area contributed by atoms with Crippen molar-refractivity contribution in [2.45, 2.75) is 39.3 Å². The number of nitro benzene ring substituents is 1. The minimum absolute atomic E-state index is 0. The van der Waals surface area contributed by atoms with E-state index in [1.165, 1.54) is 12.1 Å². The number of pyridine rings is 4. The number of aromatic hydroxyl groups is 1. The second kappa shape index (κ2) is 20.1. The number of rotatable bonds is 15. The third-order valence-corrected chi connectivity index (χ3v) is 7.83. The largest absolute Gasteiger partial charge is 2.00 e. The molecule has 6 rings (SSSR count). The third-order valence-electron chi connectivity index (χ3n) is 7.83. The molecule has 2 aromatic carbocycles. The van der Waals surface area contributed by atoms with Crippen LogP contribution < -0.4 is 0 Å². The Hall–Kier alpha value is -4.99. The molecule has 0 radical (unpaired) electrons. The molecule has 6 aromatic rings.